The van der Waals surface area contributed by atoms with E-state index < -0.39 is 11.1 Å². The standard InChI is InChI=1S/C20H22ClNO4/c1-19(2,18-22-20(11-23,12-24)13-25-18)26-17-9-5-15(6-10-17)14-3-7-16(21)8-4-14/h3-10,23-24H,11-13H2,1-2H3. The van der Waals surface area contributed by atoms with Gasteiger partial charge >= 0.3 is 0 Å². The van der Waals surface area contributed by atoms with Gasteiger partial charge in [0, 0.05) is 5.02 Å². The third-order valence-electron chi connectivity index (χ3n) is 4.32. The van der Waals surface area contributed by atoms with Crippen molar-refractivity contribution in [3.8, 4) is 16.9 Å². The van der Waals surface area contributed by atoms with Gasteiger partial charge in [0.1, 0.15) is 17.9 Å². The minimum absolute atomic E-state index is 0.137. The molecule has 0 fully saturated rings. The Labute approximate surface area is 157 Å². The Bertz CT molecular complexity index is 780. The molecule has 138 valence electrons. The van der Waals surface area contributed by atoms with Crippen LogP contribution < -0.4 is 4.74 Å². The summed E-state index contributed by atoms with van der Waals surface area (Å²) in [6.07, 6.45) is 0. The summed E-state index contributed by atoms with van der Waals surface area (Å²) >= 11 is 5.93. The van der Waals surface area contributed by atoms with Crippen LogP contribution >= 0.6 is 11.6 Å². The highest BCUT2D eigenvalue weighted by Crippen LogP contribution is 2.29. The first-order valence-electron chi connectivity index (χ1n) is 8.37. The second-order valence-electron chi connectivity index (χ2n) is 6.89. The first-order valence-corrected chi connectivity index (χ1v) is 8.75. The van der Waals surface area contributed by atoms with E-state index in [0.717, 1.165) is 11.1 Å². The van der Waals surface area contributed by atoms with Crippen molar-refractivity contribution >= 4 is 17.5 Å². The van der Waals surface area contributed by atoms with Gasteiger partial charge in [-0.3, -0.25) is 0 Å². The van der Waals surface area contributed by atoms with Crippen LogP contribution in [0.25, 0.3) is 11.1 Å². The van der Waals surface area contributed by atoms with E-state index in [1.807, 2.05) is 62.4 Å². The molecular formula is C20H22ClNO4. The smallest absolute Gasteiger partial charge is 0.229 e. The quantitative estimate of drug-likeness (QED) is 0.812. The third kappa shape index (κ3) is 3.85. The van der Waals surface area contributed by atoms with Crippen molar-refractivity contribution in [1.29, 1.82) is 0 Å². The number of hydrogen-bond donors (Lipinski definition) is 2. The van der Waals surface area contributed by atoms with Crippen molar-refractivity contribution in [2.24, 2.45) is 4.99 Å². The molecular weight excluding hydrogens is 354 g/mol. The van der Waals surface area contributed by atoms with E-state index in [2.05, 4.69) is 4.99 Å². The highest BCUT2D eigenvalue weighted by atomic mass is 35.5. The van der Waals surface area contributed by atoms with Crippen molar-refractivity contribution in [3.05, 3.63) is 53.6 Å². The molecule has 1 heterocycles. The van der Waals surface area contributed by atoms with Gasteiger partial charge in [0.25, 0.3) is 0 Å². The highest BCUT2D eigenvalue weighted by molar-refractivity contribution is 6.30. The van der Waals surface area contributed by atoms with Gasteiger partial charge in [0.2, 0.25) is 5.90 Å². The monoisotopic (exact) mass is 375 g/mol. The van der Waals surface area contributed by atoms with E-state index in [-0.39, 0.29) is 19.8 Å². The van der Waals surface area contributed by atoms with Crippen LogP contribution in [-0.2, 0) is 4.74 Å². The zero-order valence-electron chi connectivity index (χ0n) is 14.8. The number of ether oxygens (including phenoxy) is 2. The van der Waals surface area contributed by atoms with Gasteiger partial charge in [-0.15, -0.1) is 0 Å². The molecule has 2 aromatic carbocycles. The summed E-state index contributed by atoms with van der Waals surface area (Å²) in [4.78, 5) is 4.35. The Morgan fingerprint density at radius 1 is 1.04 bits per heavy atom. The summed E-state index contributed by atoms with van der Waals surface area (Å²) in [6.45, 7) is 3.25. The van der Waals surface area contributed by atoms with Crippen molar-refractivity contribution in [1.82, 2.24) is 0 Å². The highest BCUT2D eigenvalue weighted by Gasteiger charge is 2.42. The largest absolute Gasteiger partial charge is 0.478 e. The SMILES string of the molecule is CC(C)(Oc1ccc(-c2ccc(Cl)cc2)cc1)C1=NC(CO)(CO)CO1. The molecule has 2 aromatic rings. The molecule has 5 nitrogen and oxygen atoms in total. The van der Waals surface area contributed by atoms with Gasteiger partial charge in [-0.25, -0.2) is 4.99 Å². The third-order valence-corrected chi connectivity index (χ3v) is 4.58. The van der Waals surface area contributed by atoms with Crippen molar-refractivity contribution in [2.75, 3.05) is 19.8 Å². The van der Waals surface area contributed by atoms with E-state index in [1.54, 1.807) is 0 Å². The maximum Gasteiger partial charge on any atom is 0.229 e. The maximum absolute atomic E-state index is 9.45. The van der Waals surface area contributed by atoms with Gasteiger partial charge in [-0.05, 0) is 49.2 Å². The molecule has 0 radical (unpaired) electrons. The number of aliphatic hydroxyl groups is 2. The fourth-order valence-corrected chi connectivity index (χ4v) is 2.83. The molecule has 0 saturated heterocycles. The predicted octanol–water partition coefficient (Wildman–Crippen LogP) is 3.32. The van der Waals surface area contributed by atoms with Crippen LogP contribution in [0.4, 0.5) is 0 Å². The summed E-state index contributed by atoms with van der Waals surface area (Å²) in [5, 5.41) is 19.6. The van der Waals surface area contributed by atoms with Gasteiger partial charge in [-0.2, -0.15) is 0 Å². The van der Waals surface area contributed by atoms with Gasteiger partial charge < -0.3 is 19.7 Å². The molecule has 0 saturated carbocycles. The Morgan fingerprint density at radius 2 is 1.58 bits per heavy atom. The van der Waals surface area contributed by atoms with Gasteiger partial charge in [-0.1, -0.05) is 35.9 Å². The van der Waals surface area contributed by atoms with Crippen LogP contribution in [0.15, 0.2) is 53.5 Å². The van der Waals surface area contributed by atoms with E-state index in [1.165, 1.54) is 0 Å². The molecule has 3 rings (SSSR count). The Balaban J connectivity index is 1.75. The van der Waals surface area contributed by atoms with Gasteiger partial charge in [0.15, 0.2) is 5.60 Å². The van der Waals surface area contributed by atoms with Crippen molar-refractivity contribution in [2.45, 2.75) is 25.0 Å². The number of aliphatic imine (C=N–C) groups is 1. The molecule has 0 spiro atoms. The summed E-state index contributed by atoms with van der Waals surface area (Å²) in [5.74, 6) is 1.03. The van der Waals surface area contributed by atoms with Crippen LogP contribution in [0, 0.1) is 0 Å². The lowest BCUT2D eigenvalue weighted by atomic mass is 10.0. The van der Waals surface area contributed by atoms with E-state index in [0.29, 0.717) is 16.7 Å². The normalized spacial score (nSPS) is 16.1. The second kappa shape index (κ2) is 7.27. The fraction of sp³-hybridized carbons (Fsp3) is 0.350. The van der Waals surface area contributed by atoms with Crippen LogP contribution in [0.3, 0.4) is 0 Å². The molecule has 26 heavy (non-hydrogen) atoms. The average molecular weight is 376 g/mol. The number of halogens is 1. The number of benzene rings is 2. The zero-order valence-corrected chi connectivity index (χ0v) is 15.5. The van der Waals surface area contributed by atoms with Crippen LogP contribution in [0.2, 0.25) is 5.02 Å². The van der Waals surface area contributed by atoms with Crippen LogP contribution in [0.5, 0.6) is 5.75 Å². The lowest BCUT2D eigenvalue weighted by Crippen LogP contribution is -2.38. The summed E-state index contributed by atoms with van der Waals surface area (Å²) in [6, 6.07) is 15.3. The summed E-state index contributed by atoms with van der Waals surface area (Å²) in [5.41, 5.74) is 0.308. The minimum atomic E-state index is -0.992. The summed E-state index contributed by atoms with van der Waals surface area (Å²) in [7, 11) is 0. The lowest BCUT2D eigenvalue weighted by molar-refractivity contribution is 0.0907. The average Bonchev–Trinajstić information content (AvgIpc) is 3.09. The first-order chi connectivity index (χ1) is 12.4. The lowest BCUT2D eigenvalue weighted by Gasteiger charge is -2.25. The zero-order chi connectivity index (χ0) is 18.8. The number of nitrogens with zero attached hydrogens (tertiary/aromatic N) is 1. The molecule has 1 aliphatic heterocycles. The van der Waals surface area contributed by atoms with Crippen molar-refractivity contribution < 1.29 is 19.7 Å². The van der Waals surface area contributed by atoms with E-state index >= 15 is 0 Å². The van der Waals surface area contributed by atoms with Gasteiger partial charge in [0.05, 0.1) is 13.2 Å². The molecule has 0 unspecified atom stereocenters. The van der Waals surface area contributed by atoms with E-state index in [9.17, 15) is 10.2 Å². The van der Waals surface area contributed by atoms with E-state index in [4.69, 9.17) is 21.1 Å². The Morgan fingerprint density at radius 3 is 2.08 bits per heavy atom. The number of hydrogen-bond acceptors (Lipinski definition) is 5. The second-order valence-corrected chi connectivity index (χ2v) is 7.33. The summed E-state index contributed by atoms with van der Waals surface area (Å²) < 4.78 is 11.6. The molecule has 0 amide bonds. The fourth-order valence-electron chi connectivity index (χ4n) is 2.70. The molecule has 0 bridgehead atoms. The van der Waals surface area contributed by atoms with Crippen LogP contribution in [-0.4, -0.2) is 47.1 Å². The van der Waals surface area contributed by atoms with Crippen LogP contribution in [0.1, 0.15) is 13.8 Å². The molecule has 1 aliphatic rings. The number of rotatable bonds is 6. The molecule has 2 N–H and O–H groups in total. The predicted molar refractivity (Wildman–Crippen MR) is 102 cm³/mol. The Hall–Kier alpha value is -2.08. The maximum atomic E-state index is 9.45. The number of aliphatic hydroxyl groups excluding tert-OH is 2. The molecule has 0 atom stereocenters. The minimum Gasteiger partial charge on any atom is -0.478 e. The topological polar surface area (TPSA) is 71.3 Å². The molecule has 6 heteroatoms. The van der Waals surface area contributed by atoms with Crippen molar-refractivity contribution in [3.63, 3.8) is 0 Å². The first kappa shape index (κ1) is 18.7. The Kier molecular flexibility index (Phi) is 5.23. The molecule has 0 aromatic heterocycles. The molecule has 0 aliphatic carbocycles.